The van der Waals surface area contributed by atoms with Gasteiger partial charge in [-0.15, -0.1) is 0 Å². The van der Waals surface area contributed by atoms with Crippen molar-refractivity contribution >= 4 is 11.8 Å². The Balaban J connectivity index is 2.79. The second kappa shape index (κ2) is 7.92. The van der Waals surface area contributed by atoms with E-state index < -0.39 is 5.91 Å². The first-order chi connectivity index (χ1) is 9.58. The van der Waals surface area contributed by atoms with Crippen molar-refractivity contribution in [3.05, 3.63) is 29.6 Å². The Morgan fingerprint density at radius 2 is 2.20 bits per heavy atom. The highest BCUT2D eigenvalue weighted by molar-refractivity contribution is 5.94. The van der Waals surface area contributed by atoms with E-state index in [-0.39, 0.29) is 24.8 Å². The second-order valence-electron chi connectivity index (χ2n) is 3.99. The third-order valence-electron chi connectivity index (χ3n) is 2.47. The highest BCUT2D eigenvalue weighted by Gasteiger charge is 2.16. The maximum absolute atomic E-state index is 12.1. The molecule has 0 fully saturated rings. The molecule has 3 N–H and O–H groups in total. The molecule has 0 aliphatic rings. The van der Waals surface area contributed by atoms with Crippen LogP contribution in [0.3, 0.4) is 0 Å². The maximum atomic E-state index is 12.1. The number of aliphatic hydroxyl groups excluding tert-OH is 1. The molecule has 1 rings (SSSR count). The molecule has 20 heavy (non-hydrogen) atoms. The van der Waals surface area contributed by atoms with Crippen LogP contribution in [0.1, 0.15) is 29.4 Å². The molecular formula is C14H17N3O3. The van der Waals surface area contributed by atoms with E-state index in [9.17, 15) is 9.59 Å². The molecule has 0 radical (unpaired) electrons. The lowest BCUT2D eigenvalue weighted by Crippen LogP contribution is -2.38. The fourth-order valence-corrected chi connectivity index (χ4v) is 1.49. The van der Waals surface area contributed by atoms with Gasteiger partial charge in [-0.2, -0.15) is 0 Å². The molecule has 1 aromatic rings. The van der Waals surface area contributed by atoms with Crippen LogP contribution in [0.25, 0.3) is 0 Å². The second-order valence-corrected chi connectivity index (χ2v) is 3.99. The molecule has 106 valence electrons. The summed E-state index contributed by atoms with van der Waals surface area (Å²) in [6, 6.07) is 3.22. The fourth-order valence-electron chi connectivity index (χ4n) is 1.49. The Labute approximate surface area is 117 Å². The van der Waals surface area contributed by atoms with Gasteiger partial charge < -0.3 is 15.7 Å². The Bertz CT molecular complexity index is 529. The van der Waals surface area contributed by atoms with Gasteiger partial charge in [0, 0.05) is 24.7 Å². The van der Waals surface area contributed by atoms with Crippen molar-refractivity contribution < 1.29 is 14.7 Å². The number of carbonyl (C=O) groups excluding carboxylic acids is 2. The highest BCUT2D eigenvalue weighted by Crippen LogP contribution is 2.03. The molecule has 0 spiro atoms. The van der Waals surface area contributed by atoms with Crippen molar-refractivity contribution in [1.82, 2.24) is 9.88 Å². The van der Waals surface area contributed by atoms with E-state index >= 15 is 0 Å². The molecule has 6 nitrogen and oxygen atoms in total. The van der Waals surface area contributed by atoms with Crippen LogP contribution in [0, 0.1) is 11.8 Å². The van der Waals surface area contributed by atoms with Crippen LogP contribution in [-0.2, 0) is 4.79 Å². The number of likely N-dealkylation sites (N-methyl/N-ethyl adjacent to an activating group) is 1. The number of primary amides is 1. The van der Waals surface area contributed by atoms with E-state index in [1.54, 1.807) is 19.1 Å². The number of aromatic nitrogens is 1. The number of amides is 2. The van der Waals surface area contributed by atoms with Crippen molar-refractivity contribution in [3.8, 4) is 11.8 Å². The van der Waals surface area contributed by atoms with Gasteiger partial charge in [-0.3, -0.25) is 9.59 Å². The molecular weight excluding hydrogens is 258 g/mol. The Morgan fingerprint density at radius 1 is 1.45 bits per heavy atom. The lowest BCUT2D eigenvalue weighted by Gasteiger charge is -2.18. The van der Waals surface area contributed by atoms with Gasteiger partial charge in [-0.25, -0.2) is 4.98 Å². The number of nitrogens with two attached hydrogens (primary N) is 1. The number of carbonyl (C=O) groups is 2. The summed E-state index contributed by atoms with van der Waals surface area (Å²) in [6.45, 7) is 2.02. The zero-order valence-corrected chi connectivity index (χ0v) is 11.3. The molecule has 0 unspecified atom stereocenters. The van der Waals surface area contributed by atoms with Gasteiger partial charge in [0.05, 0.1) is 13.2 Å². The molecule has 0 saturated heterocycles. The molecule has 0 aliphatic heterocycles. The van der Waals surface area contributed by atoms with Crippen molar-refractivity contribution in [1.29, 1.82) is 0 Å². The van der Waals surface area contributed by atoms with E-state index in [1.807, 2.05) is 0 Å². The summed E-state index contributed by atoms with van der Waals surface area (Å²) in [4.78, 5) is 28.3. The molecule has 2 amide bonds. The topological polar surface area (TPSA) is 96.5 Å². The van der Waals surface area contributed by atoms with Crippen molar-refractivity contribution in [2.75, 3.05) is 19.7 Å². The van der Waals surface area contributed by atoms with Gasteiger partial charge in [-0.1, -0.05) is 11.8 Å². The standard InChI is InChI=1S/C14H17N3O3/c1-2-17(10-13(15)19)14(20)12-7-6-11(9-16-12)5-3-4-8-18/h6-7,9,18H,2,4,8,10H2,1H3,(H2,15,19). The van der Waals surface area contributed by atoms with Crippen LogP contribution in [0.4, 0.5) is 0 Å². The SMILES string of the molecule is CCN(CC(N)=O)C(=O)c1ccc(C#CCCO)cn1. The molecule has 0 atom stereocenters. The molecule has 6 heteroatoms. The normalized spacial score (nSPS) is 9.50. The Morgan fingerprint density at radius 3 is 2.70 bits per heavy atom. The molecule has 0 aromatic carbocycles. The Hall–Kier alpha value is -2.39. The minimum absolute atomic E-state index is 0.00950. The summed E-state index contributed by atoms with van der Waals surface area (Å²) >= 11 is 0. The summed E-state index contributed by atoms with van der Waals surface area (Å²) < 4.78 is 0. The quantitative estimate of drug-likeness (QED) is 0.725. The number of hydrogen-bond donors (Lipinski definition) is 2. The number of aliphatic hydroxyl groups is 1. The van der Waals surface area contributed by atoms with Gasteiger partial charge in [0.25, 0.3) is 5.91 Å². The predicted molar refractivity (Wildman–Crippen MR) is 73.6 cm³/mol. The first-order valence-electron chi connectivity index (χ1n) is 6.21. The number of rotatable bonds is 5. The lowest BCUT2D eigenvalue weighted by atomic mass is 10.2. The summed E-state index contributed by atoms with van der Waals surface area (Å²) in [5, 5.41) is 8.62. The van der Waals surface area contributed by atoms with Crippen LogP contribution < -0.4 is 5.73 Å². The van der Waals surface area contributed by atoms with Crippen LogP contribution in [0.15, 0.2) is 18.3 Å². The van der Waals surface area contributed by atoms with Crippen LogP contribution in [-0.4, -0.2) is 46.5 Å². The van der Waals surface area contributed by atoms with Gasteiger partial charge in [0.15, 0.2) is 0 Å². The molecule has 1 aromatic heterocycles. The molecule has 0 bridgehead atoms. The molecule has 1 heterocycles. The number of hydrogen-bond acceptors (Lipinski definition) is 4. The number of pyridine rings is 1. The molecule has 0 aliphatic carbocycles. The van der Waals surface area contributed by atoms with E-state index in [1.165, 1.54) is 11.1 Å². The third-order valence-corrected chi connectivity index (χ3v) is 2.47. The van der Waals surface area contributed by atoms with Crippen molar-refractivity contribution in [2.24, 2.45) is 5.73 Å². The van der Waals surface area contributed by atoms with Gasteiger partial charge in [-0.05, 0) is 19.1 Å². The zero-order valence-electron chi connectivity index (χ0n) is 11.3. The number of nitrogens with zero attached hydrogens (tertiary/aromatic N) is 2. The van der Waals surface area contributed by atoms with Crippen LogP contribution in [0.5, 0.6) is 0 Å². The van der Waals surface area contributed by atoms with Gasteiger partial charge in [0.1, 0.15) is 5.69 Å². The van der Waals surface area contributed by atoms with E-state index in [4.69, 9.17) is 10.8 Å². The largest absolute Gasteiger partial charge is 0.395 e. The van der Waals surface area contributed by atoms with E-state index in [0.717, 1.165) is 0 Å². The summed E-state index contributed by atoms with van der Waals surface area (Å²) in [5.74, 6) is 4.67. The lowest BCUT2D eigenvalue weighted by molar-refractivity contribution is -0.118. The third kappa shape index (κ3) is 4.71. The highest BCUT2D eigenvalue weighted by atomic mass is 16.2. The van der Waals surface area contributed by atoms with Crippen LogP contribution >= 0.6 is 0 Å². The minimum Gasteiger partial charge on any atom is -0.395 e. The smallest absolute Gasteiger partial charge is 0.272 e. The summed E-state index contributed by atoms with van der Waals surface area (Å²) in [6.07, 6.45) is 1.87. The summed E-state index contributed by atoms with van der Waals surface area (Å²) in [7, 11) is 0. The van der Waals surface area contributed by atoms with Crippen LogP contribution in [0.2, 0.25) is 0 Å². The average molecular weight is 275 g/mol. The van der Waals surface area contributed by atoms with E-state index in [2.05, 4.69) is 16.8 Å². The van der Waals surface area contributed by atoms with Crippen molar-refractivity contribution in [3.63, 3.8) is 0 Å². The van der Waals surface area contributed by atoms with Crippen molar-refractivity contribution in [2.45, 2.75) is 13.3 Å². The Kier molecular flexibility index (Phi) is 6.20. The average Bonchev–Trinajstić information content (AvgIpc) is 2.45. The van der Waals surface area contributed by atoms with Gasteiger partial charge in [0.2, 0.25) is 5.91 Å². The first-order valence-corrected chi connectivity index (χ1v) is 6.21. The fraction of sp³-hybridized carbons (Fsp3) is 0.357. The monoisotopic (exact) mass is 275 g/mol. The minimum atomic E-state index is -0.563. The first kappa shape index (κ1) is 15.7. The maximum Gasteiger partial charge on any atom is 0.272 e. The van der Waals surface area contributed by atoms with E-state index in [0.29, 0.717) is 18.5 Å². The molecule has 0 saturated carbocycles. The zero-order chi connectivity index (χ0) is 15.0. The summed E-state index contributed by atoms with van der Waals surface area (Å²) in [5.41, 5.74) is 5.98. The van der Waals surface area contributed by atoms with Gasteiger partial charge >= 0.3 is 0 Å². The predicted octanol–water partition coefficient (Wildman–Crippen LogP) is -0.237.